The van der Waals surface area contributed by atoms with Gasteiger partial charge in [0.2, 0.25) is 0 Å². The molecule has 116 valence electrons. The van der Waals surface area contributed by atoms with Crippen molar-refractivity contribution in [2.45, 2.75) is 24.9 Å². The summed E-state index contributed by atoms with van der Waals surface area (Å²) in [7, 11) is 0.737. The standard InChI is InChI=1S/C13H12F4O3S/c1-6-4-8(5-7(2)10(6)18)21-11(14)9(12(19)20-3)13(15,16)17/h4-5,18H,1-3H3. The lowest BCUT2D eigenvalue weighted by Gasteiger charge is -2.11. The molecule has 1 aromatic rings. The molecule has 0 atom stereocenters. The van der Waals surface area contributed by atoms with E-state index in [1.54, 1.807) is 0 Å². The van der Waals surface area contributed by atoms with Crippen molar-refractivity contribution in [2.75, 3.05) is 7.11 Å². The number of halogens is 4. The van der Waals surface area contributed by atoms with Crippen LogP contribution in [-0.2, 0) is 9.53 Å². The van der Waals surface area contributed by atoms with Crippen LogP contribution in [0.5, 0.6) is 5.75 Å². The maximum Gasteiger partial charge on any atom is 0.426 e. The van der Waals surface area contributed by atoms with Crippen molar-refractivity contribution in [2.24, 2.45) is 0 Å². The van der Waals surface area contributed by atoms with Crippen molar-refractivity contribution < 1.29 is 32.2 Å². The highest BCUT2D eigenvalue weighted by molar-refractivity contribution is 8.03. The second-order valence-electron chi connectivity index (χ2n) is 4.15. The number of phenols is 1. The van der Waals surface area contributed by atoms with Crippen LogP contribution in [0.3, 0.4) is 0 Å². The van der Waals surface area contributed by atoms with E-state index in [0.29, 0.717) is 11.1 Å². The molecular weight excluding hydrogens is 312 g/mol. The molecule has 0 unspecified atom stereocenters. The van der Waals surface area contributed by atoms with Crippen LogP contribution in [0.2, 0.25) is 0 Å². The van der Waals surface area contributed by atoms with Crippen LogP contribution >= 0.6 is 11.8 Å². The Morgan fingerprint density at radius 3 is 2.10 bits per heavy atom. The molecule has 0 saturated heterocycles. The average molecular weight is 324 g/mol. The molecular formula is C13H12F4O3S. The number of alkyl halides is 3. The van der Waals surface area contributed by atoms with Gasteiger partial charge in [-0.3, -0.25) is 0 Å². The Balaban J connectivity index is 3.25. The zero-order valence-electron chi connectivity index (χ0n) is 11.3. The van der Waals surface area contributed by atoms with E-state index < -0.39 is 22.9 Å². The van der Waals surface area contributed by atoms with Gasteiger partial charge in [-0.25, -0.2) is 4.79 Å². The first-order chi connectivity index (χ1) is 9.57. The maximum atomic E-state index is 13.8. The van der Waals surface area contributed by atoms with Gasteiger partial charge in [0.25, 0.3) is 0 Å². The SMILES string of the molecule is COC(=O)C(=C(F)Sc1cc(C)c(O)c(C)c1)C(F)(F)F. The first-order valence-corrected chi connectivity index (χ1v) is 6.43. The fourth-order valence-corrected chi connectivity index (χ4v) is 2.52. The summed E-state index contributed by atoms with van der Waals surface area (Å²) >= 11 is 0.140. The van der Waals surface area contributed by atoms with E-state index in [0.717, 1.165) is 7.11 Å². The van der Waals surface area contributed by atoms with Gasteiger partial charge in [-0.1, -0.05) is 11.8 Å². The summed E-state index contributed by atoms with van der Waals surface area (Å²) in [4.78, 5) is 11.2. The Morgan fingerprint density at radius 1 is 1.24 bits per heavy atom. The number of ether oxygens (including phenoxy) is 1. The zero-order chi connectivity index (χ0) is 16.4. The summed E-state index contributed by atoms with van der Waals surface area (Å²) in [6, 6.07) is 2.63. The minimum atomic E-state index is -5.16. The lowest BCUT2D eigenvalue weighted by molar-refractivity contribution is -0.148. The minimum absolute atomic E-state index is 0.0206. The number of aromatic hydroxyl groups is 1. The minimum Gasteiger partial charge on any atom is -0.507 e. The number of esters is 1. The van der Waals surface area contributed by atoms with E-state index in [4.69, 9.17) is 0 Å². The van der Waals surface area contributed by atoms with E-state index >= 15 is 0 Å². The van der Waals surface area contributed by atoms with Crippen LogP contribution in [0, 0.1) is 13.8 Å². The molecule has 1 N–H and O–H groups in total. The fourth-order valence-electron chi connectivity index (χ4n) is 1.54. The third kappa shape index (κ3) is 4.13. The molecule has 0 aliphatic carbocycles. The number of carbonyl (C=O) groups is 1. The second-order valence-corrected chi connectivity index (χ2v) is 5.18. The molecule has 0 aliphatic rings. The summed E-state index contributed by atoms with van der Waals surface area (Å²) < 4.78 is 55.8. The van der Waals surface area contributed by atoms with Crippen molar-refractivity contribution >= 4 is 17.7 Å². The van der Waals surface area contributed by atoms with Crippen LogP contribution in [0.1, 0.15) is 11.1 Å². The van der Waals surface area contributed by atoms with E-state index in [-0.39, 0.29) is 22.4 Å². The molecule has 0 amide bonds. The topological polar surface area (TPSA) is 46.5 Å². The molecule has 0 radical (unpaired) electrons. The molecule has 21 heavy (non-hydrogen) atoms. The number of hydrogen-bond acceptors (Lipinski definition) is 4. The van der Waals surface area contributed by atoms with Gasteiger partial charge in [0.15, 0.2) is 10.7 Å². The first kappa shape index (κ1) is 17.4. The molecule has 0 aliphatic heterocycles. The Kier molecular flexibility index (Phi) is 5.27. The third-order valence-corrected chi connectivity index (χ3v) is 3.40. The van der Waals surface area contributed by atoms with Crippen molar-refractivity contribution in [1.29, 1.82) is 0 Å². The molecule has 3 nitrogen and oxygen atoms in total. The summed E-state index contributed by atoms with van der Waals surface area (Å²) in [6.45, 7) is 3.05. The molecule has 1 rings (SSSR count). The van der Waals surface area contributed by atoms with Crippen molar-refractivity contribution in [3.63, 3.8) is 0 Å². The second kappa shape index (κ2) is 6.38. The first-order valence-electron chi connectivity index (χ1n) is 5.61. The lowest BCUT2D eigenvalue weighted by Crippen LogP contribution is -2.22. The molecule has 8 heteroatoms. The number of phenolic OH excluding ortho intramolecular Hbond substituents is 1. The number of carbonyl (C=O) groups excluding carboxylic acids is 1. The van der Waals surface area contributed by atoms with Gasteiger partial charge in [-0.05, 0) is 37.1 Å². The molecule has 0 heterocycles. The molecule has 0 saturated carbocycles. The Hall–Kier alpha value is -1.70. The van der Waals surface area contributed by atoms with Crippen molar-refractivity contribution in [3.05, 3.63) is 34.0 Å². The van der Waals surface area contributed by atoms with Gasteiger partial charge in [-0.15, -0.1) is 0 Å². The third-order valence-electron chi connectivity index (χ3n) is 2.54. The normalized spacial score (nSPS) is 12.9. The van der Waals surface area contributed by atoms with Gasteiger partial charge < -0.3 is 9.84 Å². The van der Waals surface area contributed by atoms with Crippen LogP contribution < -0.4 is 0 Å². The van der Waals surface area contributed by atoms with Crippen LogP contribution in [0.25, 0.3) is 0 Å². The summed E-state index contributed by atoms with van der Waals surface area (Å²) in [5, 5.41) is 7.85. The smallest absolute Gasteiger partial charge is 0.426 e. The lowest BCUT2D eigenvalue weighted by atomic mass is 10.1. The number of thioether (sulfide) groups is 1. The van der Waals surface area contributed by atoms with E-state index in [1.807, 2.05) is 0 Å². The number of rotatable bonds is 3. The van der Waals surface area contributed by atoms with Gasteiger partial charge >= 0.3 is 12.1 Å². The monoisotopic (exact) mass is 324 g/mol. The van der Waals surface area contributed by atoms with Crippen LogP contribution in [0.15, 0.2) is 27.8 Å². The van der Waals surface area contributed by atoms with Gasteiger partial charge in [-0.2, -0.15) is 17.6 Å². The summed E-state index contributed by atoms with van der Waals surface area (Å²) in [5.74, 6) is -1.81. The van der Waals surface area contributed by atoms with E-state index in [9.17, 15) is 27.5 Å². The molecule has 0 spiro atoms. The maximum absolute atomic E-state index is 13.8. The van der Waals surface area contributed by atoms with Gasteiger partial charge in [0.1, 0.15) is 5.75 Å². The largest absolute Gasteiger partial charge is 0.507 e. The van der Waals surface area contributed by atoms with Gasteiger partial charge in [0, 0.05) is 4.90 Å². The Morgan fingerprint density at radius 2 is 1.71 bits per heavy atom. The highest BCUT2D eigenvalue weighted by Crippen LogP contribution is 2.39. The highest BCUT2D eigenvalue weighted by Gasteiger charge is 2.43. The quantitative estimate of drug-likeness (QED) is 0.395. The molecule has 1 aromatic carbocycles. The van der Waals surface area contributed by atoms with Crippen molar-refractivity contribution in [1.82, 2.24) is 0 Å². The molecule has 0 bridgehead atoms. The Bertz CT molecular complexity index is 571. The van der Waals surface area contributed by atoms with Gasteiger partial charge in [0.05, 0.1) is 7.11 Å². The average Bonchev–Trinajstić information content (AvgIpc) is 2.33. The predicted octanol–water partition coefficient (Wildman–Crippen LogP) is 4.02. The number of benzene rings is 1. The van der Waals surface area contributed by atoms with E-state index in [1.165, 1.54) is 26.0 Å². The van der Waals surface area contributed by atoms with E-state index in [2.05, 4.69) is 4.74 Å². The summed E-state index contributed by atoms with van der Waals surface area (Å²) in [6.07, 6.45) is -5.16. The predicted molar refractivity (Wildman–Crippen MR) is 69.6 cm³/mol. The van der Waals surface area contributed by atoms with Crippen molar-refractivity contribution in [3.8, 4) is 5.75 Å². The van der Waals surface area contributed by atoms with Crippen LogP contribution in [0.4, 0.5) is 17.6 Å². The molecule has 0 aromatic heterocycles. The van der Waals surface area contributed by atoms with Crippen LogP contribution in [-0.4, -0.2) is 24.4 Å². The number of aryl methyl sites for hydroxylation is 2. The number of methoxy groups -OCH3 is 1. The fraction of sp³-hybridized carbons (Fsp3) is 0.308. The molecule has 0 fully saturated rings. The highest BCUT2D eigenvalue weighted by atomic mass is 32.2. The zero-order valence-corrected chi connectivity index (χ0v) is 12.2. The Labute approximate surface area is 122 Å². The summed E-state index contributed by atoms with van der Waals surface area (Å²) in [5.41, 5.74) is -1.22. The number of hydrogen-bond donors (Lipinski definition) is 1.